The van der Waals surface area contributed by atoms with Gasteiger partial charge in [0.25, 0.3) is 0 Å². The van der Waals surface area contributed by atoms with E-state index < -0.39 is 12.1 Å². The number of aliphatic hydroxyl groups excluding tert-OH is 1. The van der Waals surface area contributed by atoms with Gasteiger partial charge in [0.05, 0.1) is 31.9 Å². The Kier molecular flexibility index (Phi) is 7.29. The highest BCUT2D eigenvalue weighted by molar-refractivity contribution is 5.85. The van der Waals surface area contributed by atoms with Crippen molar-refractivity contribution in [1.82, 2.24) is 0 Å². The van der Waals surface area contributed by atoms with Gasteiger partial charge in [-0.25, -0.2) is 0 Å². The van der Waals surface area contributed by atoms with Crippen molar-refractivity contribution in [1.29, 1.82) is 0 Å². The van der Waals surface area contributed by atoms with Crippen molar-refractivity contribution in [2.45, 2.75) is 44.2 Å². The van der Waals surface area contributed by atoms with Crippen LogP contribution in [0.15, 0.2) is 18.2 Å². The number of ether oxygens (including phenoxy) is 2. The Hall–Kier alpha value is -0.970. The summed E-state index contributed by atoms with van der Waals surface area (Å²) >= 11 is 0. The lowest BCUT2D eigenvalue weighted by Gasteiger charge is -2.31. The van der Waals surface area contributed by atoms with E-state index in [1.54, 1.807) is 14.2 Å². The fourth-order valence-corrected chi connectivity index (χ4v) is 3.15. The summed E-state index contributed by atoms with van der Waals surface area (Å²) in [6.45, 7) is 0. The third-order valence-electron chi connectivity index (χ3n) is 4.30. The summed E-state index contributed by atoms with van der Waals surface area (Å²) in [5.74, 6) is 1.62. The summed E-state index contributed by atoms with van der Waals surface area (Å²) in [6.07, 6.45) is 5.16. The molecule has 120 valence electrons. The number of aliphatic hydroxyl groups is 1. The third-order valence-corrected chi connectivity index (χ3v) is 4.30. The Labute approximate surface area is 133 Å². The highest BCUT2D eigenvalue weighted by Crippen LogP contribution is 2.38. The second-order valence-electron chi connectivity index (χ2n) is 5.49. The summed E-state index contributed by atoms with van der Waals surface area (Å²) in [5.41, 5.74) is 7.07. The number of methoxy groups -OCH3 is 2. The second kappa shape index (κ2) is 8.47. The van der Waals surface area contributed by atoms with Crippen molar-refractivity contribution in [2.75, 3.05) is 14.2 Å². The summed E-state index contributed by atoms with van der Waals surface area (Å²) in [5, 5.41) is 10.6. The molecule has 4 nitrogen and oxygen atoms in total. The SMILES string of the molecule is COc1cccc(OC)c1[C@@H](N)[C@@H](O)C1CCCCC1.Cl. The van der Waals surface area contributed by atoms with Crippen molar-refractivity contribution in [3.05, 3.63) is 23.8 Å². The van der Waals surface area contributed by atoms with Crippen molar-refractivity contribution in [3.8, 4) is 11.5 Å². The van der Waals surface area contributed by atoms with E-state index in [1.807, 2.05) is 18.2 Å². The van der Waals surface area contributed by atoms with Crippen LogP contribution >= 0.6 is 12.4 Å². The monoisotopic (exact) mass is 315 g/mol. The average molecular weight is 316 g/mol. The zero-order valence-electron chi connectivity index (χ0n) is 12.7. The van der Waals surface area contributed by atoms with E-state index >= 15 is 0 Å². The van der Waals surface area contributed by atoms with Crippen LogP contribution in [-0.2, 0) is 0 Å². The number of rotatable bonds is 5. The largest absolute Gasteiger partial charge is 0.496 e. The summed E-state index contributed by atoms with van der Waals surface area (Å²) in [4.78, 5) is 0. The zero-order chi connectivity index (χ0) is 14.5. The molecule has 2 rings (SSSR count). The predicted octanol–water partition coefficient (Wildman–Crippen LogP) is 3.07. The Morgan fingerprint density at radius 2 is 1.62 bits per heavy atom. The first-order valence-corrected chi connectivity index (χ1v) is 7.33. The van der Waals surface area contributed by atoms with E-state index in [1.165, 1.54) is 19.3 Å². The molecule has 0 bridgehead atoms. The molecule has 21 heavy (non-hydrogen) atoms. The molecule has 0 saturated heterocycles. The van der Waals surface area contributed by atoms with Crippen molar-refractivity contribution >= 4 is 12.4 Å². The van der Waals surface area contributed by atoms with Gasteiger partial charge < -0.3 is 20.3 Å². The van der Waals surface area contributed by atoms with E-state index in [0.29, 0.717) is 11.5 Å². The van der Waals surface area contributed by atoms with Crippen LogP contribution in [0.3, 0.4) is 0 Å². The molecule has 3 N–H and O–H groups in total. The van der Waals surface area contributed by atoms with Crippen LogP contribution in [-0.4, -0.2) is 25.4 Å². The molecule has 0 aliphatic heterocycles. The van der Waals surface area contributed by atoms with Crippen molar-refractivity contribution in [3.63, 3.8) is 0 Å². The molecule has 1 aromatic carbocycles. The van der Waals surface area contributed by atoms with Crippen LogP contribution in [0.1, 0.15) is 43.7 Å². The maximum absolute atomic E-state index is 10.6. The molecule has 1 saturated carbocycles. The number of hydrogen-bond acceptors (Lipinski definition) is 4. The first-order valence-electron chi connectivity index (χ1n) is 7.33. The second-order valence-corrected chi connectivity index (χ2v) is 5.49. The molecule has 0 amide bonds. The standard InChI is InChI=1S/C16H25NO3.ClH/c1-19-12-9-6-10-13(20-2)14(12)15(17)16(18)11-7-4-3-5-8-11;/h6,9-11,15-16,18H,3-5,7-8,17H2,1-2H3;1H/t15-,16+;/m1./s1. The summed E-state index contributed by atoms with van der Waals surface area (Å²) < 4.78 is 10.8. The average Bonchev–Trinajstić information content (AvgIpc) is 2.53. The maximum atomic E-state index is 10.6. The lowest BCUT2D eigenvalue weighted by atomic mass is 9.81. The van der Waals surface area contributed by atoms with Gasteiger partial charge in [-0.3, -0.25) is 0 Å². The van der Waals surface area contributed by atoms with E-state index in [2.05, 4.69) is 0 Å². The van der Waals surface area contributed by atoms with E-state index in [0.717, 1.165) is 18.4 Å². The van der Waals surface area contributed by atoms with E-state index in [4.69, 9.17) is 15.2 Å². The molecule has 0 spiro atoms. The Balaban J connectivity index is 0.00000220. The fourth-order valence-electron chi connectivity index (χ4n) is 3.15. The fraction of sp³-hybridized carbons (Fsp3) is 0.625. The summed E-state index contributed by atoms with van der Waals surface area (Å²) in [6, 6.07) is 5.08. The van der Waals surface area contributed by atoms with Crippen molar-refractivity contribution < 1.29 is 14.6 Å². The van der Waals surface area contributed by atoms with Crippen LogP contribution in [0.25, 0.3) is 0 Å². The van der Waals surface area contributed by atoms with Gasteiger partial charge in [0.2, 0.25) is 0 Å². The van der Waals surface area contributed by atoms with Gasteiger partial charge in [-0.1, -0.05) is 25.3 Å². The number of hydrogen-bond donors (Lipinski definition) is 2. The normalized spacial score (nSPS) is 18.5. The van der Waals surface area contributed by atoms with Crippen molar-refractivity contribution in [2.24, 2.45) is 11.7 Å². The highest BCUT2D eigenvalue weighted by Gasteiger charge is 2.31. The minimum Gasteiger partial charge on any atom is -0.496 e. The van der Waals surface area contributed by atoms with Gasteiger partial charge in [-0.2, -0.15) is 0 Å². The first kappa shape index (κ1) is 18.1. The third kappa shape index (κ3) is 4.02. The Bertz CT molecular complexity index is 413. The van der Waals surface area contributed by atoms with Crippen LogP contribution in [0, 0.1) is 5.92 Å². The van der Waals surface area contributed by atoms with Gasteiger partial charge in [-0.15, -0.1) is 12.4 Å². The lowest BCUT2D eigenvalue weighted by molar-refractivity contribution is 0.0603. The smallest absolute Gasteiger partial charge is 0.127 e. The zero-order valence-corrected chi connectivity index (χ0v) is 13.6. The molecule has 2 atom stereocenters. The van der Waals surface area contributed by atoms with Gasteiger partial charge in [0, 0.05) is 0 Å². The van der Waals surface area contributed by atoms with Crippen LogP contribution in [0.5, 0.6) is 11.5 Å². The Morgan fingerprint density at radius 3 is 2.10 bits per heavy atom. The van der Waals surface area contributed by atoms with E-state index in [9.17, 15) is 5.11 Å². The summed E-state index contributed by atoms with van der Waals surface area (Å²) in [7, 11) is 3.22. The molecule has 0 aromatic heterocycles. The molecular weight excluding hydrogens is 290 g/mol. The number of nitrogens with two attached hydrogens (primary N) is 1. The molecule has 0 heterocycles. The van der Waals surface area contributed by atoms with Crippen LogP contribution < -0.4 is 15.2 Å². The van der Waals surface area contributed by atoms with Gasteiger partial charge in [0.15, 0.2) is 0 Å². The predicted molar refractivity (Wildman–Crippen MR) is 86.3 cm³/mol. The molecule has 0 radical (unpaired) electrons. The van der Waals surface area contributed by atoms with E-state index in [-0.39, 0.29) is 18.3 Å². The topological polar surface area (TPSA) is 64.7 Å². The lowest BCUT2D eigenvalue weighted by Crippen LogP contribution is -2.34. The van der Waals surface area contributed by atoms with Gasteiger partial charge in [0.1, 0.15) is 11.5 Å². The molecule has 0 unspecified atom stereocenters. The number of benzene rings is 1. The molecule has 1 aromatic rings. The molecular formula is C16H26ClNO3. The van der Waals surface area contributed by atoms with Crippen LogP contribution in [0.2, 0.25) is 0 Å². The molecule has 1 fully saturated rings. The Morgan fingerprint density at radius 1 is 1.10 bits per heavy atom. The minimum absolute atomic E-state index is 0. The van der Waals surface area contributed by atoms with Gasteiger partial charge >= 0.3 is 0 Å². The molecule has 5 heteroatoms. The maximum Gasteiger partial charge on any atom is 0.127 e. The quantitative estimate of drug-likeness (QED) is 0.876. The highest BCUT2D eigenvalue weighted by atomic mass is 35.5. The molecule has 1 aliphatic rings. The molecule has 1 aliphatic carbocycles. The van der Waals surface area contributed by atoms with Gasteiger partial charge in [-0.05, 0) is 30.9 Å². The number of halogens is 1. The first-order chi connectivity index (χ1) is 9.69. The minimum atomic E-state index is -0.555. The van der Waals surface area contributed by atoms with Crippen LogP contribution in [0.4, 0.5) is 0 Å².